The zero-order chi connectivity index (χ0) is 14.4. The second-order valence-corrected chi connectivity index (χ2v) is 5.15. The van der Waals surface area contributed by atoms with Crippen LogP contribution in [0.15, 0.2) is 0 Å². The maximum absolute atomic E-state index is 11.7. The number of nitrogens with two attached hydrogens (primary N) is 1. The molecule has 0 spiro atoms. The summed E-state index contributed by atoms with van der Waals surface area (Å²) in [5, 5.41) is 12.6. The van der Waals surface area contributed by atoms with E-state index >= 15 is 0 Å². The molecule has 19 heavy (non-hydrogen) atoms. The Morgan fingerprint density at radius 2 is 2.21 bits per heavy atom. The highest BCUT2D eigenvalue weighted by atomic mass is 32.1. The summed E-state index contributed by atoms with van der Waals surface area (Å²) in [5.74, 6) is -0.239. The van der Waals surface area contributed by atoms with Crippen LogP contribution in [-0.2, 0) is 0 Å². The van der Waals surface area contributed by atoms with Crippen molar-refractivity contribution in [1.82, 2.24) is 5.32 Å². The van der Waals surface area contributed by atoms with Crippen molar-refractivity contribution >= 4 is 27.9 Å². The van der Waals surface area contributed by atoms with Gasteiger partial charge in [-0.25, -0.2) is 0 Å². The number of hydrogen-bond acceptors (Lipinski definition) is 5. The van der Waals surface area contributed by atoms with Gasteiger partial charge in [-0.15, -0.1) is 11.3 Å². The highest BCUT2D eigenvalue weighted by molar-refractivity contribution is 7.19. The molecule has 0 saturated heterocycles. The molecule has 0 aliphatic rings. The van der Waals surface area contributed by atoms with E-state index in [0.717, 1.165) is 30.9 Å². The van der Waals surface area contributed by atoms with Gasteiger partial charge in [0.25, 0.3) is 5.91 Å². The van der Waals surface area contributed by atoms with Gasteiger partial charge in [0.2, 0.25) is 0 Å². The number of hydrogen-bond donors (Lipinski definition) is 2. The quantitative estimate of drug-likeness (QED) is 0.836. The van der Waals surface area contributed by atoms with Crippen LogP contribution >= 0.6 is 11.3 Å². The van der Waals surface area contributed by atoms with E-state index in [1.165, 1.54) is 11.3 Å². The summed E-state index contributed by atoms with van der Waals surface area (Å²) in [5.41, 5.74) is 6.62. The average Bonchev–Trinajstić information content (AvgIpc) is 2.76. The van der Waals surface area contributed by atoms with Gasteiger partial charge >= 0.3 is 0 Å². The molecule has 1 heterocycles. The Kier molecular flexibility index (Phi) is 5.64. The lowest BCUT2D eigenvalue weighted by Gasteiger charge is -2.21. The maximum Gasteiger partial charge on any atom is 0.263 e. The standard InChI is InChI=1S/C13H20N4OS/c1-4-6-7-17(5-2)13-9(8-14)10(15)11(19-13)12(18)16-3/h4-7,15H2,1-3H3,(H,16,18). The zero-order valence-electron chi connectivity index (χ0n) is 11.6. The van der Waals surface area contributed by atoms with Crippen LogP contribution in [0.4, 0.5) is 10.7 Å². The average molecular weight is 280 g/mol. The minimum Gasteiger partial charge on any atom is -0.396 e. The number of thiophene rings is 1. The van der Waals surface area contributed by atoms with Crippen LogP contribution in [0.1, 0.15) is 41.9 Å². The molecule has 0 unspecified atom stereocenters. The molecule has 1 aromatic heterocycles. The fourth-order valence-electron chi connectivity index (χ4n) is 1.80. The van der Waals surface area contributed by atoms with Crippen molar-refractivity contribution in [1.29, 1.82) is 5.26 Å². The molecule has 1 aromatic rings. The molecule has 0 aliphatic heterocycles. The first-order valence-electron chi connectivity index (χ1n) is 6.39. The van der Waals surface area contributed by atoms with E-state index < -0.39 is 0 Å². The predicted molar refractivity (Wildman–Crippen MR) is 79.6 cm³/mol. The van der Waals surface area contributed by atoms with Gasteiger partial charge in [-0.3, -0.25) is 4.79 Å². The van der Waals surface area contributed by atoms with Crippen molar-refractivity contribution < 1.29 is 4.79 Å². The Morgan fingerprint density at radius 3 is 2.68 bits per heavy atom. The van der Waals surface area contributed by atoms with Crippen LogP contribution in [-0.4, -0.2) is 26.0 Å². The summed E-state index contributed by atoms with van der Waals surface area (Å²) in [6.45, 7) is 5.82. The summed E-state index contributed by atoms with van der Waals surface area (Å²) < 4.78 is 0. The Bertz CT molecular complexity index is 490. The minimum atomic E-state index is -0.239. The molecule has 1 rings (SSSR count). The van der Waals surface area contributed by atoms with Crippen LogP contribution in [0.25, 0.3) is 0 Å². The van der Waals surface area contributed by atoms with E-state index in [-0.39, 0.29) is 11.6 Å². The maximum atomic E-state index is 11.7. The van der Waals surface area contributed by atoms with Crippen LogP contribution in [0, 0.1) is 11.3 Å². The minimum absolute atomic E-state index is 0.239. The van der Waals surface area contributed by atoms with Gasteiger partial charge in [-0.2, -0.15) is 5.26 Å². The molecule has 0 bridgehead atoms. The van der Waals surface area contributed by atoms with Gasteiger partial charge < -0.3 is 16.0 Å². The number of nitrogen functional groups attached to an aromatic ring is 1. The van der Waals surface area contributed by atoms with Gasteiger partial charge in [0.05, 0.1) is 5.69 Å². The fourth-order valence-corrected chi connectivity index (χ4v) is 3.00. The molecule has 104 valence electrons. The number of nitriles is 1. The Balaban J connectivity index is 3.19. The zero-order valence-corrected chi connectivity index (χ0v) is 12.4. The first-order chi connectivity index (χ1) is 9.10. The second kappa shape index (κ2) is 7.00. The lowest BCUT2D eigenvalue weighted by molar-refractivity contribution is 0.0968. The monoisotopic (exact) mass is 280 g/mol. The summed E-state index contributed by atoms with van der Waals surface area (Å²) in [6.07, 6.45) is 2.13. The van der Waals surface area contributed by atoms with E-state index in [2.05, 4.69) is 23.2 Å². The highest BCUT2D eigenvalue weighted by Gasteiger charge is 2.23. The lowest BCUT2D eigenvalue weighted by atomic mass is 10.2. The third-order valence-electron chi connectivity index (χ3n) is 2.92. The summed E-state index contributed by atoms with van der Waals surface area (Å²) in [7, 11) is 1.56. The van der Waals surface area contributed by atoms with Gasteiger partial charge in [-0.1, -0.05) is 13.3 Å². The molecule has 0 saturated carbocycles. The molecule has 6 heteroatoms. The largest absolute Gasteiger partial charge is 0.396 e. The normalized spacial score (nSPS) is 10.0. The molecule has 0 aliphatic carbocycles. The van der Waals surface area contributed by atoms with Crippen molar-refractivity contribution in [2.24, 2.45) is 0 Å². The number of carbonyl (C=O) groups excluding carboxylic acids is 1. The first kappa shape index (κ1) is 15.3. The van der Waals surface area contributed by atoms with Gasteiger partial charge in [0.1, 0.15) is 21.5 Å². The van der Waals surface area contributed by atoms with Gasteiger partial charge in [0.15, 0.2) is 0 Å². The number of carbonyl (C=O) groups is 1. The molecule has 1 amide bonds. The number of amides is 1. The Hall–Kier alpha value is -1.74. The van der Waals surface area contributed by atoms with E-state index in [1.807, 2.05) is 6.92 Å². The first-order valence-corrected chi connectivity index (χ1v) is 7.21. The predicted octanol–water partition coefficient (Wildman–Crippen LogP) is 2.19. The summed E-state index contributed by atoms with van der Waals surface area (Å²) in [4.78, 5) is 14.3. The molecule has 0 atom stereocenters. The molecule has 5 nitrogen and oxygen atoms in total. The van der Waals surface area contributed by atoms with Crippen LogP contribution in [0.3, 0.4) is 0 Å². The third-order valence-corrected chi connectivity index (χ3v) is 4.19. The molecule has 3 N–H and O–H groups in total. The van der Waals surface area contributed by atoms with Gasteiger partial charge in [0, 0.05) is 20.1 Å². The van der Waals surface area contributed by atoms with E-state index in [9.17, 15) is 10.1 Å². The van der Waals surface area contributed by atoms with Crippen molar-refractivity contribution in [2.45, 2.75) is 26.7 Å². The molecule has 0 fully saturated rings. The highest BCUT2D eigenvalue weighted by Crippen LogP contribution is 2.37. The molecular formula is C13H20N4OS. The number of nitrogens with zero attached hydrogens (tertiary/aromatic N) is 2. The number of anilines is 2. The Labute approximate surface area is 118 Å². The summed E-state index contributed by atoms with van der Waals surface area (Å²) >= 11 is 1.29. The number of rotatable bonds is 6. The smallest absolute Gasteiger partial charge is 0.263 e. The SMILES string of the molecule is CCCCN(CC)c1sc(C(=O)NC)c(N)c1C#N. The van der Waals surface area contributed by atoms with E-state index in [4.69, 9.17) is 5.73 Å². The molecular weight excluding hydrogens is 260 g/mol. The van der Waals surface area contributed by atoms with Crippen LogP contribution in [0.5, 0.6) is 0 Å². The number of nitrogens with one attached hydrogen (secondary N) is 1. The fraction of sp³-hybridized carbons (Fsp3) is 0.538. The third kappa shape index (κ3) is 3.18. The van der Waals surface area contributed by atoms with Crippen molar-refractivity contribution in [3.05, 3.63) is 10.4 Å². The second-order valence-electron chi connectivity index (χ2n) is 4.15. The van der Waals surface area contributed by atoms with Crippen molar-refractivity contribution in [3.8, 4) is 6.07 Å². The lowest BCUT2D eigenvalue weighted by Crippen LogP contribution is -2.23. The van der Waals surface area contributed by atoms with E-state index in [1.54, 1.807) is 7.05 Å². The van der Waals surface area contributed by atoms with Crippen LogP contribution in [0.2, 0.25) is 0 Å². The summed E-state index contributed by atoms with van der Waals surface area (Å²) in [6, 6.07) is 2.12. The topological polar surface area (TPSA) is 82.2 Å². The number of unbranched alkanes of at least 4 members (excludes halogenated alkanes) is 1. The van der Waals surface area contributed by atoms with Crippen molar-refractivity contribution in [2.75, 3.05) is 30.8 Å². The molecule has 0 aromatic carbocycles. The van der Waals surface area contributed by atoms with Crippen molar-refractivity contribution in [3.63, 3.8) is 0 Å². The van der Waals surface area contributed by atoms with E-state index in [0.29, 0.717) is 10.4 Å². The van der Waals surface area contributed by atoms with Gasteiger partial charge in [-0.05, 0) is 13.3 Å². The van der Waals surface area contributed by atoms with Crippen LogP contribution < -0.4 is 16.0 Å². The Morgan fingerprint density at radius 1 is 1.53 bits per heavy atom. The molecule has 0 radical (unpaired) electrons.